The van der Waals surface area contributed by atoms with E-state index in [1.54, 1.807) is 14.0 Å². The van der Waals surface area contributed by atoms with Gasteiger partial charge in [0.25, 0.3) is 0 Å². The number of carboxylic acid groups (broad SMARTS) is 1. The summed E-state index contributed by atoms with van der Waals surface area (Å²) in [4.78, 5) is 15.3. The Labute approximate surface area is 89.1 Å². The number of aryl methyl sites for hydroxylation is 2. The molecule has 5 nitrogen and oxygen atoms in total. The molecule has 0 aliphatic heterocycles. The molecule has 0 aliphatic rings. The van der Waals surface area contributed by atoms with Crippen LogP contribution in [0.4, 0.5) is 0 Å². The molecular weight excluding hydrogens is 194 g/mol. The molecule has 1 heterocycles. The predicted octanol–water partition coefficient (Wildman–Crippen LogP) is 0.563. The number of nitrogens with zero attached hydrogens (tertiary/aromatic N) is 2. The van der Waals surface area contributed by atoms with Crippen LogP contribution in [0.25, 0.3) is 0 Å². The highest BCUT2D eigenvalue weighted by Crippen LogP contribution is 2.10. The summed E-state index contributed by atoms with van der Waals surface area (Å²) in [5, 5.41) is 11.9. The second-order valence-electron chi connectivity index (χ2n) is 3.94. The number of hydrogen-bond acceptors (Lipinski definition) is 3. The molecule has 2 N–H and O–H groups in total. The van der Waals surface area contributed by atoms with E-state index in [1.165, 1.54) is 0 Å². The molecule has 0 saturated heterocycles. The van der Waals surface area contributed by atoms with Crippen LogP contribution in [0.5, 0.6) is 0 Å². The van der Waals surface area contributed by atoms with Crippen molar-refractivity contribution >= 4 is 5.97 Å². The lowest BCUT2D eigenvalue weighted by molar-refractivity contribution is -0.144. The molecule has 0 fully saturated rings. The Bertz CT molecular complexity index is 373. The number of likely N-dealkylation sites (N-methyl/N-ethyl adjacent to an activating group) is 1. The van der Waals surface area contributed by atoms with Gasteiger partial charge in [0, 0.05) is 6.20 Å². The minimum absolute atomic E-state index is 0.367. The van der Waals surface area contributed by atoms with E-state index in [4.69, 9.17) is 5.11 Å². The largest absolute Gasteiger partial charge is 0.480 e. The Morgan fingerprint density at radius 3 is 2.60 bits per heavy atom. The van der Waals surface area contributed by atoms with Crippen LogP contribution in [-0.4, -0.2) is 33.2 Å². The molecule has 0 aromatic carbocycles. The molecule has 0 aliphatic carbocycles. The fourth-order valence-corrected chi connectivity index (χ4v) is 1.42. The second-order valence-corrected chi connectivity index (χ2v) is 3.94. The lowest BCUT2D eigenvalue weighted by Gasteiger charge is -2.25. The first-order valence-corrected chi connectivity index (χ1v) is 4.82. The first-order chi connectivity index (χ1) is 6.89. The smallest absolute Gasteiger partial charge is 0.325 e. The summed E-state index contributed by atoms with van der Waals surface area (Å²) in [6.45, 7) is 5.78. The van der Waals surface area contributed by atoms with Crippen molar-refractivity contribution in [3.63, 3.8) is 0 Å². The van der Waals surface area contributed by atoms with E-state index in [9.17, 15) is 4.79 Å². The van der Waals surface area contributed by atoms with Crippen LogP contribution in [0.3, 0.4) is 0 Å². The van der Waals surface area contributed by atoms with Crippen LogP contribution >= 0.6 is 0 Å². The molecule has 84 valence electrons. The second kappa shape index (κ2) is 4.02. The van der Waals surface area contributed by atoms with Gasteiger partial charge in [-0.1, -0.05) is 0 Å². The number of aromatic nitrogens is 2. The average molecular weight is 211 g/mol. The number of hydrogen-bond donors (Lipinski definition) is 2. The summed E-state index contributed by atoms with van der Waals surface area (Å²) in [5.74, 6) is -0.0361. The van der Waals surface area contributed by atoms with E-state index < -0.39 is 11.5 Å². The van der Waals surface area contributed by atoms with E-state index in [-0.39, 0.29) is 0 Å². The number of rotatable bonds is 4. The van der Waals surface area contributed by atoms with Crippen LogP contribution in [0.1, 0.15) is 18.4 Å². The third-order valence-electron chi connectivity index (χ3n) is 2.61. The molecule has 5 heteroatoms. The molecule has 1 atom stereocenters. The van der Waals surface area contributed by atoms with Crippen LogP contribution in [-0.2, 0) is 11.3 Å². The molecule has 1 rings (SSSR count). The van der Waals surface area contributed by atoms with Crippen molar-refractivity contribution in [2.24, 2.45) is 0 Å². The number of aliphatic carboxylic acids is 1. The molecule has 1 unspecified atom stereocenters. The summed E-state index contributed by atoms with van der Waals surface area (Å²) < 4.78 is 1.85. The van der Waals surface area contributed by atoms with Gasteiger partial charge in [0.15, 0.2) is 0 Å². The van der Waals surface area contributed by atoms with Crippen LogP contribution < -0.4 is 5.32 Å². The average Bonchev–Trinajstić information content (AvgIpc) is 2.44. The van der Waals surface area contributed by atoms with Gasteiger partial charge in [0.1, 0.15) is 11.4 Å². The Balaban J connectivity index is 2.93. The fourth-order valence-electron chi connectivity index (χ4n) is 1.42. The SMILES string of the molecule is CNC(C)(Cn1cc(C)nc1C)C(=O)O. The fraction of sp³-hybridized carbons (Fsp3) is 0.600. The molecule has 1 aromatic heterocycles. The summed E-state index contributed by atoms with van der Waals surface area (Å²) in [6.07, 6.45) is 1.86. The van der Waals surface area contributed by atoms with Gasteiger partial charge >= 0.3 is 5.97 Å². The lowest BCUT2D eigenvalue weighted by atomic mass is 10.0. The Kier molecular flexibility index (Phi) is 3.14. The molecule has 1 aromatic rings. The Morgan fingerprint density at radius 2 is 2.27 bits per heavy atom. The van der Waals surface area contributed by atoms with Crippen LogP contribution in [0.2, 0.25) is 0 Å². The standard InChI is InChI=1S/C10H17N3O2/c1-7-5-13(8(2)12-7)6-10(3,11-4)9(14)15/h5,11H,6H2,1-4H3,(H,14,15). The maximum atomic E-state index is 11.1. The Morgan fingerprint density at radius 1 is 1.67 bits per heavy atom. The quantitative estimate of drug-likeness (QED) is 0.763. The highest BCUT2D eigenvalue weighted by molar-refractivity contribution is 5.78. The molecule has 0 saturated carbocycles. The molecule has 0 radical (unpaired) electrons. The van der Waals surface area contributed by atoms with E-state index in [1.807, 2.05) is 24.6 Å². The molecule has 0 spiro atoms. The highest BCUT2D eigenvalue weighted by Gasteiger charge is 2.31. The zero-order valence-electron chi connectivity index (χ0n) is 9.53. The van der Waals surface area contributed by atoms with Gasteiger partial charge in [-0.3, -0.25) is 4.79 Å². The van der Waals surface area contributed by atoms with Crippen molar-refractivity contribution in [3.05, 3.63) is 17.7 Å². The van der Waals surface area contributed by atoms with Gasteiger partial charge in [-0.2, -0.15) is 0 Å². The normalized spacial score (nSPS) is 14.9. The summed E-state index contributed by atoms with van der Waals surface area (Å²) in [5.41, 5.74) is -0.0610. The predicted molar refractivity (Wildman–Crippen MR) is 56.8 cm³/mol. The van der Waals surface area contributed by atoms with E-state index in [0.29, 0.717) is 6.54 Å². The van der Waals surface area contributed by atoms with Gasteiger partial charge in [0.05, 0.1) is 12.2 Å². The monoisotopic (exact) mass is 211 g/mol. The zero-order chi connectivity index (χ0) is 11.6. The first-order valence-electron chi connectivity index (χ1n) is 4.82. The third kappa shape index (κ3) is 2.36. The van der Waals surface area contributed by atoms with Gasteiger partial charge < -0.3 is 15.0 Å². The van der Waals surface area contributed by atoms with Crippen molar-refractivity contribution in [3.8, 4) is 0 Å². The third-order valence-corrected chi connectivity index (χ3v) is 2.61. The van der Waals surface area contributed by atoms with Crippen LogP contribution in [0, 0.1) is 13.8 Å². The van der Waals surface area contributed by atoms with Crippen molar-refractivity contribution < 1.29 is 9.90 Å². The maximum Gasteiger partial charge on any atom is 0.325 e. The summed E-state index contributed by atoms with van der Waals surface area (Å²) in [6, 6.07) is 0. The number of carbonyl (C=O) groups is 1. The molecule has 15 heavy (non-hydrogen) atoms. The topological polar surface area (TPSA) is 67.2 Å². The minimum Gasteiger partial charge on any atom is -0.480 e. The highest BCUT2D eigenvalue weighted by atomic mass is 16.4. The van der Waals surface area contributed by atoms with E-state index >= 15 is 0 Å². The minimum atomic E-state index is -0.960. The van der Waals surface area contributed by atoms with E-state index in [2.05, 4.69) is 10.3 Å². The summed E-state index contributed by atoms with van der Waals surface area (Å²) >= 11 is 0. The Hall–Kier alpha value is -1.36. The van der Waals surface area contributed by atoms with Gasteiger partial charge in [0.2, 0.25) is 0 Å². The van der Waals surface area contributed by atoms with Crippen molar-refractivity contribution in [2.45, 2.75) is 32.9 Å². The number of carboxylic acids is 1. The van der Waals surface area contributed by atoms with Gasteiger partial charge in [-0.25, -0.2) is 4.98 Å². The van der Waals surface area contributed by atoms with E-state index in [0.717, 1.165) is 11.5 Å². The van der Waals surface area contributed by atoms with Crippen molar-refractivity contribution in [2.75, 3.05) is 7.05 Å². The molecular formula is C10H17N3O2. The van der Waals surface area contributed by atoms with Gasteiger partial charge in [-0.15, -0.1) is 0 Å². The first kappa shape index (κ1) is 11.7. The van der Waals surface area contributed by atoms with Crippen molar-refractivity contribution in [1.82, 2.24) is 14.9 Å². The number of imidazole rings is 1. The van der Waals surface area contributed by atoms with Crippen molar-refractivity contribution in [1.29, 1.82) is 0 Å². The van der Waals surface area contributed by atoms with Gasteiger partial charge in [-0.05, 0) is 27.8 Å². The maximum absolute atomic E-state index is 11.1. The zero-order valence-corrected chi connectivity index (χ0v) is 9.53. The summed E-state index contributed by atoms with van der Waals surface area (Å²) in [7, 11) is 1.65. The molecule has 0 amide bonds. The number of nitrogens with one attached hydrogen (secondary N) is 1. The van der Waals surface area contributed by atoms with Crippen LogP contribution in [0.15, 0.2) is 6.20 Å². The molecule has 0 bridgehead atoms. The lowest BCUT2D eigenvalue weighted by Crippen LogP contribution is -2.50.